The maximum atomic E-state index is 12.8. The van der Waals surface area contributed by atoms with E-state index in [9.17, 15) is 13.2 Å². The lowest BCUT2D eigenvalue weighted by Gasteiger charge is -2.28. The van der Waals surface area contributed by atoms with Crippen molar-refractivity contribution in [2.24, 2.45) is 0 Å². The zero-order chi connectivity index (χ0) is 20.2. The zero-order valence-corrected chi connectivity index (χ0v) is 16.8. The fraction of sp³-hybridized carbons (Fsp3) is 0.316. The molecule has 0 heterocycles. The van der Waals surface area contributed by atoms with Crippen LogP contribution < -0.4 is 19.1 Å². The number of ether oxygens (including phenoxy) is 2. The summed E-state index contributed by atoms with van der Waals surface area (Å²) in [4.78, 5) is 12.8. The molecule has 0 aliphatic rings. The van der Waals surface area contributed by atoms with Crippen LogP contribution in [0.5, 0.6) is 11.5 Å². The Labute approximate surface area is 160 Å². The first kappa shape index (κ1) is 20.6. The van der Waals surface area contributed by atoms with Gasteiger partial charge in [0.25, 0.3) is 0 Å². The molecule has 2 aromatic rings. The fourth-order valence-corrected chi connectivity index (χ4v) is 3.89. The van der Waals surface area contributed by atoms with Gasteiger partial charge in [0, 0.05) is 6.07 Å². The molecule has 0 fully saturated rings. The standard InChI is InChI=1S/C19H24N2O5S/c1-13-7-6-8-15(11-13)21(27(5,23)24)14(2)19(22)20-17-12-16(25-3)9-10-18(17)26-4/h6-12,14H,1-5H3,(H,20,22)/t14-/m0/s1. The number of methoxy groups -OCH3 is 2. The summed E-state index contributed by atoms with van der Waals surface area (Å²) in [6.07, 6.45) is 1.07. The van der Waals surface area contributed by atoms with E-state index in [2.05, 4.69) is 5.32 Å². The second kappa shape index (κ2) is 8.30. The number of hydrogen-bond acceptors (Lipinski definition) is 5. The van der Waals surface area contributed by atoms with Crippen molar-refractivity contribution >= 4 is 27.3 Å². The number of carbonyl (C=O) groups is 1. The highest BCUT2D eigenvalue weighted by molar-refractivity contribution is 7.92. The van der Waals surface area contributed by atoms with Gasteiger partial charge < -0.3 is 14.8 Å². The van der Waals surface area contributed by atoms with E-state index in [1.54, 1.807) is 36.4 Å². The summed E-state index contributed by atoms with van der Waals surface area (Å²) < 4.78 is 36.3. The number of benzene rings is 2. The van der Waals surface area contributed by atoms with Gasteiger partial charge in [0.2, 0.25) is 15.9 Å². The van der Waals surface area contributed by atoms with E-state index in [0.29, 0.717) is 22.9 Å². The molecule has 0 saturated carbocycles. The van der Waals surface area contributed by atoms with E-state index in [4.69, 9.17) is 9.47 Å². The van der Waals surface area contributed by atoms with Gasteiger partial charge in [-0.25, -0.2) is 8.42 Å². The van der Waals surface area contributed by atoms with Crippen LogP contribution in [0.25, 0.3) is 0 Å². The predicted molar refractivity (Wildman–Crippen MR) is 106 cm³/mol. The Hall–Kier alpha value is -2.74. The minimum absolute atomic E-state index is 0.395. The first-order valence-electron chi connectivity index (χ1n) is 8.26. The van der Waals surface area contributed by atoms with Gasteiger partial charge >= 0.3 is 0 Å². The molecule has 2 aromatic carbocycles. The van der Waals surface area contributed by atoms with Crippen LogP contribution in [-0.2, 0) is 14.8 Å². The van der Waals surface area contributed by atoms with Crippen LogP contribution >= 0.6 is 0 Å². The molecule has 0 spiro atoms. The largest absolute Gasteiger partial charge is 0.497 e. The van der Waals surface area contributed by atoms with Gasteiger partial charge in [-0.05, 0) is 43.7 Å². The summed E-state index contributed by atoms with van der Waals surface area (Å²) in [5, 5.41) is 2.72. The molecule has 2 rings (SSSR count). The Morgan fingerprint density at radius 3 is 2.37 bits per heavy atom. The normalized spacial score (nSPS) is 12.2. The van der Waals surface area contributed by atoms with Crippen LogP contribution in [0.2, 0.25) is 0 Å². The highest BCUT2D eigenvalue weighted by atomic mass is 32.2. The van der Waals surface area contributed by atoms with Crippen LogP contribution in [0.15, 0.2) is 42.5 Å². The van der Waals surface area contributed by atoms with Crippen molar-refractivity contribution < 1.29 is 22.7 Å². The molecule has 0 aliphatic carbocycles. The predicted octanol–water partition coefficient (Wildman–Crippen LogP) is 2.81. The van der Waals surface area contributed by atoms with Crippen LogP contribution in [0, 0.1) is 6.92 Å². The van der Waals surface area contributed by atoms with Crippen LogP contribution in [0.4, 0.5) is 11.4 Å². The molecule has 1 N–H and O–H groups in total. The Morgan fingerprint density at radius 1 is 1.11 bits per heavy atom. The molecule has 0 unspecified atom stereocenters. The number of amides is 1. The van der Waals surface area contributed by atoms with Crippen molar-refractivity contribution in [1.82, 2.24) is 0 Å². The summed E-state index contributed by atoms with van der Waals surface area (Å²) in [7, 11) is -0.688. The van der Waals surface area contributed by atoms with Gasteiger partial charge in [-0.2, -0.15) is 0 Å². The van der Waals surface area contributed by atoms with Crippen LogP contribution in [-0.4, -0.2) is 40.8 Å². The van der Waals surface area contributed by atoms with Gasteiger partial charge in [-0.15, -0.1) is 0 Å². The third-order valence-corrected chi connectivity index (χ3v) is 5.25. The molecule has 7 nitrogen and oxygen atoms in total. The lowest BCUT2D eigenvalue weighted by Crippen LogP contribution is -2.45. The third-order valence-electron chi connectivity index (χ3n) is 4.01. The van der Waals surface area contributed by atoms with Crippen molar-refractivity contribution in [3.63, 3.8) is 0 Å². The number of aryl methyl sites for hydroxylation is 1. The molecular formula is C19H24N2O5S. The number of rotatable bonds is 7. The lowest BCUT2D eigenvalue weighted by atomic mass is 10.2. The molecule has 27 heavy (non-hydrogen) atoms. The molecule has 1 atom stereocenters. The van der Waals surface area contributed by atoms with Crippen molar-refractivity contribution in [3.8, 4) is 11.5 Å². The van der Waals surface area contributed by atoms with Crippen molar-refractivity contribution in [3.05, 3.63) is 48.0 Å². The SMILES string of the molecule is COc1ccc(OC)c(NC(=O)[C@H](C)N(c2cccc(C)c2)S(C)(=O)=O)c1. The van der Waals surface area contributed by atoms with Crippen LogP contribution in [0.3, 0.4) is 0 Å². The average Bonchev–Trinajstić information content (AvgIpc) is 2.60. The molecule has 0 aromatic heterocycles. The Morgan fingerprint density at radius 2 is 1.81 bits per heavy atom. The Balaban J connectivity index is 2.36. The van der Waals surface area contributed by atoms with E-state index in [0.717, 1.165) is 16.1 Å². The topological polar surface area (TPSA) is 84.9 Å². The minimum Gasteiger partial charge on any atom is -0.497 e. The zero-order valence-electron chi connectivity index (χ0n) is 16.0. The van der Waals surface area contributed by atoms with Crippen molar-refractivity contribution in [2.75, 3.05) is 30.1 Å². The second-order valence-electron chi connectivity index (χ2n) is 6.13. The van der Waals surface area contributed by atoms with Gasteiger partial charge in [-0.1, -0.05) is 12.1 Å². The monoisotopic (exact) mass is 392 g/mol. The number of carbonyl (C=O) groups excluding carboxylic acids is 1. The third kappa shape index (κ3) is 4.91. The Bertz CT molecular complexity index is 927. The maximum Gasteiger partial charge on any atom is 0.248 e. The quantitative estimate of drug-likeness (QED) is 0.783. The number of hydrogen-bond donors (Lipinski definition) is 1. The van der Waals surface area contributed by atoms with Crippen molar-refractivity contribution in [1.29, 1.82) is 0 Å². The molecular weight excluding hydrogens is 368 g/mol. The highest BCUT2D eigenvalue weighted by Crippen LogP contribution is 2.30. The highest BCUT2D eigenvalue weighted by Gasteiger charge is 2.29. The number of nitrogens with one attached hydrogen (secondary N) is 1. The molecule has 146 valence electrons. The van der Waals surface area contributed by atoms with E-state index in [-0.39, 0.29) is 0 Å². The maximum absolute atomic E-state index is 12.8. The molecule has 0 bridgehead atoms. The number of sulfonamides is 1. The van der Waals surface area contributed by atoms with Gasteiger partial charge in [0.1, 0.15) is 17.5 Å². The number of anilines is 2. The van der Waals surface area contributed by atoms with E-state index >= 15 is 0 Å². The van der Waals surface area contributed by atoms with Crippen molar-refractivity contribution in [2.45, 2.75) is 19.9 Å². The fourth-order valence-electron chi connectivity index (χ4n) is 2.72. The summed E-state index contributed by atoms with van der Waals surface area (Å²) in [5.41, 5.74) is 1.72. The smallest absolute Gasteiger partial charge is 0.248 e. The Kier molecular flexibility index (Phi) is 6.32. The van der Waals surface area contributed by atoms with Crippen LogP contribution in [0.1, 0.15) is 12.5 Å². The summed E-state index contributed by atoms with van der Waals surface area (Å²) >= 11 is 0. The van der Waals surface area contributed by atoms with E-state index in [1.807, 2.05) is 13.0 Å². The molecule has 0 aliphatic heterocycles. The molecule has 8 heteroatoms. The molecule has 0 saturated heterocycles. The molecule has 1 amide bonds. The number of nitrogens with zero attached hydrogens (tertiary/aromatic N) is 1. The lowest BCUT2D eigenvalue weighted by molar-refractivity contribution is -0.116. The average molecular weight is 392 g/mol. The van der Waals surface area contributed by atoms with E-state index < -0.39 is 22.0 Å². The molecule has 0 radical (unpaired) electrons. The summed E-state index contributed by atoms with van der Waals surface area (Å²) in [6, 6.07) is 11.0. The van der Waals surface area contributed by atoms with E-state index in [1.165, 1.54) is 21.1 Å². The second-order valence-corrected chi connectivity index (χ2v) is 7.99. The summed E-state index contributed by atoms with van der Waals surface area (Å²) in [6.45, 7) is 3.39. The van der Waals surface area contributed by atoms with Gasteiger partial charge in [-0.3, -0.25) is 9.10 Å². The van der Waals surface area contributed by atoms with Gasteiger partial charge in [0.05, 0.1) is 31.9 Å². The first-order chi connectivity index (χ1) is 12.7. The minimum atomic E-state index is -3.68. The van der Waals surface area contributed by atoms with Gasteiger partial charge in [0.15, 0.2) is 0 Å². The summed E-state index contributed by atoms with van der Waals surface area (Å²) in [5.74, 6) is 0.490. The first-order valence-corrected chi connectivity index (χ1v) is 10.1.